The van der Waals surface area contributed by atoms with E-state index in [1.165, 1.54) is 6.42 Å². The van der Waals surface area contributed by atoms with Crippen molar-refractivity contribution in [3.8, 4) is 0 Å². The molecule has 0 radical (unpaired) electrons. The van der Waals surface area contributed by atoms with Crippen LogP contribution in [0.4, 0.5) is 5.69 Å². The Labute approximate surface area is 116 Å². The van der Waals surface area contributed by atoms with E-state index in [-0.39, 0.29) is 11.9 Å². The van der Waals surface area contributed by atoms with Crippen LogP contribution in [0, 0.1) is 12.8 Å². The van der Waals surface area contributed by atoms with Crippen LogP contribution in [0.15, 0.2) is 18.2 Å². The van der Waals surface area contributed by atoms with Crippen LogP contribution in [0.2, 0.25) is 0 Å². The highest BCUT2D eigenvalue weighted by Crippen LogP contribution is 2.13. The van der Waals surface area contributed by atoms with Crippen molar-refractivity contribution < 1.29 is 4.79 Å². The molecule has 3 heteroatoms. The minimum Gasteiger partial charge on any atom is -0.399 e. The Hall–Kier alpha value is -1.51. The second-order valence-corrected chi connectivity index (χ2v) is 5.77. The van der Waals surface area contributed by atoms with E-state index >= 15 is 0 Å². The molecular weight excluding hydrogens is 236 g/mol. The van der Waals surface area contributed by atoms with Crippen LogP contribution in [0.3, 0.4) is 0 Å². The molecule has 3 nitrogen and oxygen atoms in total. The molecule has 1 amide bonds. The summed E-state index contributed by atoms with van der Waals surface area (Å²) in [5.41, 5.74) is 7.99. The molecule has 0 aliphatic rings. The van der Waals surface area contributed by atoms with E-state index in [2.05, 4.69) is 26.1 Å². The summed E-state index contributed by atoms with van der Waals surface area (Å²) in [6, 6.07) is 5.64. The Morgan fingerprint density at radius 1 is 1.26 bits per heavy atom. The molecule has 3 N–H and O–H groups in total. The number of hydrogen-bond donors (Lipinski definition) is 2. The molecule has 106 valence electrons. The number of nitrogen functional groups attached to an aromatic ring is 1. The lowest BCUT2D eigenvalue weighted by Gasteiger charge is -2.15. The van der Waals surface area contributed by atoms with Gasteiger partial charge in [-0.1, -0.05) is 32.8 Å². The monoisotopic (exact) mass is 262 g/mol. The summed E-state index contributed by atoms with van der Waals surface area (Å²) in [7, 11) is 0. The van der Waals surface area contributed by atoms with Gasteiger partial charge < -0.3 is 11.1 Å². The molecule has 0 fully saturated rings. The molecule has 0 aliphatic carbocycles. The van der Waals surface area contributed by atoms with Crippen molar-refractivity contribution >= 4 is 11.6 Å². The number of benzene rings is 1. The molecule has 19 heavy (non-hydrogen) atoms. The van der Waals surface area contributed by atoms with Crippen molar-refractivity contribution in [1.82, 2.24) is 5.32 Å². The molecule has 0 saturated heterocycles. The lowest BCUT2D eigenvalue weighted by atomic mass is 10.0. The topological polar surface area (TPSA) is 55.1 Å². The van der Waals surface area contributed by atoms with E-state index in [1.807, 2.05) is 19.1 Å². The Bertz CT molecular complexity index is 427. The van der Waals surface area contributed by atoms with Gasteiger partial charge >= 0.3 is 0 Å². The molecule has 0 aromatic heterocycles. The second-order valence-electron chi connectivity index (χ2n) is 5.77. The van der Waals surface area contributed by atoms with Gasteiger partial charge in [0.1, 0.15) is 0 Å². The summed E-state index contributed by atoms with van der Waals surface area (Å²) in [5.74, 6) is 0.695. The summed E-state index contributed by atoms with van der Waals surface area (Å²) >= 11 is 0. The minimum absolute atomic E-state index is 0.0261. The number of amides is 1. The smallest absolute Gasteiger partial charge is 0.251 e. The standard InChI is InChI=1S/C16H26N2O/c1-11(2)6-5-7-13(4)18-16(19)15-10-14(17)9-8-12(15)3/h8-11,13H,5-7,17H2,1-4H3,(H,18,19). The number of nitrogens with one attached hydrogen (secondary N) is 1. The maximum absolute atomic E-state index is 12.2. The lowest BCUT2D eigenvalue weighted by molar-refractivity contribution is 0.0937. The van der Waals surface area contributed by atoms with Crippen LogP contribution in [0.5, 0.6) is 0 Å². The van der Waals surface area contributed by atoms with Crippen LogP contribution in [-0.2, 0) is 0 Å². The fourth-order valence-electron chi connectivity index (χ4n) is 2.09. The molecule has 1 rings (SSSR count). The summed E-state index contributed by atoms with van der Waals surface area (Å²) < 4.78 is 0. The quantitative estimate of drug-likeness (QED) is 0.771. The van der Waals surface area contributed by atoms with Gasteiger partial charge in [-0.05, 0) is 43.9 Å². The molecule has 1 aromatic carbocycles. The number of anilines is 1. The number of carbonyl (C=O) groups excluding carboxylic acids is 1. The zero-order valence-corrected chi connectivity index (χ0v) is 12.5. The van der Waals surface area contributed by atoms with Gasteiger partial charge in [-0.2, -0.15) is 0 Å². The first kappa shape index (κ1) is 15.5. The SMILES string of the molecule is Cc1ccc(N)cc1C(=O)NC(C)CCCC(C)C. The highest BCUT2D eigenvalue weighted by Gasteiger charge is 2.12. The number of hydrogen-bond acceptors (Lipinski definition) is 2. The summed E-state index contributed by atoms with van der Waals surface area (Å²) in [6.45, 7) is 8.43. The fraction of sp³-hybridized carbons (Fsp3) is 0.562. The molecule has 1 atom stereocenters. The van der Waals surface area contributed by atoms with Gasteiger partial charge in [-0.25, -0.2) is 0 Å². The first-order valence-electron chi connectivity index (χ1n) is 7.07. The van der Waals surface area contributed by atoms with Crippen molar-refractivity contribution in [2.75, 3.05) is 5.73 Å². The van der Waals surface area contributed by atoms with Crippen LogP contribution in [-0.4, -0.2) is 11.9 Å². The van der Waals surface area contributed by atoms with E-state index in [4.69, 9.17) is 5.73 Å². The Kier molecular flexibility index (Phi) is 5.87. The molecule has 0 bridgehead atoms. The molecule has 0 heterocycles. The summed E-state index contributed by atoms with van der Waals surface area (Å²) in [4.78, 5) is 12.2. The maximum Gasteiger partial charge on any atom is 0.251 e. The van der Waals surface area contributed by atoms with Gasteiger partial charge in [0, 0.05) is 17.3 Å². The predicted octanol–water partition coefficient (Wildman–Crippen LogP) is 3.52. The van der Waals surface area contributed by atoms with Crippen molar-refractivity contribution in [3.63, 3.8) is 0 Å². The first-order chi connectivity index (χ1) is 8.90. The van der Waals surface area contributed by atoms with Crippen molar-refractivity contribution in [3.05, 3.63) is 29.3 Å². The largest absolute Gasteiger partial charge is 0.399 e. The van der Waals surface area contributed by atoms with Gasteiger partial charge in [-0.3, -0.25) is 4.79 Å². The highest BCUT2D eigenvalue weighted by atomic mass is 16.1. The molecule has 1 unspecified atom stereocenters. The normalized spacial score (nSPS) is 12.5. The van der Waals surface area contributed by atoms with Crippen molar-refractivity contribution in [2.24, 2.45) is 5.92 Å². The number of nitrogens with two attached hydrogens (primary N) is 1. The molecule has 0 spiro atoms. The maximum atomic E-state index is 12.2. The number of aryl methyl sites for hydroxylation is 1. The van der Waals surface area contributed by atoms with E-state index in [0.29, 0.717) is 11.3 Å². The van der Waals surface area contributed by atoms with Crippen LogP contribution in [0.1, 0.15) is 56.0 Å². The zero-order chi connectivity index (χ0) is 14.4. The molecule has 0 aliphatic heterocycles. The van der Waals surface area contributed by atoms with Crippen LogP contribution in [0.25, 0.3) is 0 Å². The van der Waals surface area contributed by atoms with Crippen LogP contribution < -0.4 is 11.1 Å². The first-order valence-corrected chi connectivity index (χ1v) is 7.07. The molecule has 0 saturated carbocycles. The zero-order valence-electron chi connectivity index (χ0n) is 12.5. The van der Waals surface area contributed by atoms with Crippen molar-refractivity contribution in [1.29, 1.82) is 0 Å². The minimum atomic E-state index is -0.0261. The van der Waals surface area contributed by atoms with E-state index in [0.717, 1.165) is 24.3 Å². The van der Waals surface area contributed by atoms with Gasteiger partial charge in [0.2, 0.25) is 0 Å². The fourth-order valence-corrected chi connectivity index (χ4v) is 2.09. The van der Waals surface area contributed by atoms with Gasteiger partial charge in [0.25, 0.3) is 5.91 Å². The van der Waals surface area contributed by atoms with Gasteiger partial charge in [0.05, 0.1) is 0 Å². The average Bonchev–Trinajstić information content (AvgIpc) is 2.31. The summed E-state index contributed by atoms with van der Waals surface area (Å²) in [6.07, 6.45) is 3.37. The Morgan fingerprint density at radius 3 is 2.58 bits per heavy atom. The molecule has 1 aromatic rings. The second kappa shape index (κ2) is 7.17. The Morgan fingerprint density at radius 2 is 1.95 bits per heavy atom. The van der Waals surface area contributed by atoms with E-state index < -0.39 is 0 Å². The summed E-state index contributed by atoms with van der Waals surface area (Å²) in [5, 5.41) is 3.04. The number of carbonyl (C=O) groups is 1. The number of rotatable bonds is 6. The van der Waals surface area contributed by atoms with Crippen LogP contribution >= 0.6 is 0 Å². The highest BCUT2D eigenvalue weighted by molar-refractivity contribution is 5.96. The third-order valence-electron chi connectivity index (χ3n) is 3.30. The van der Waals surface area contributed by atoms with Gasteiger partial charge in [-0.15, -0.1) is 0 Å². The van der Waals surface area contributed by atoms with E-state index in [9.17, 15) is 4.79 Å². The molecular formula is C16H26N2O. The van der Waals surface area contributed by atoms with Gasteiger partial charge in [0.15, 0.2) is 0 Å². The third kappa shape index (κ3) is 5.33. The van der Waals surface area contributed by atoms with Crippen molar-refractivity contribution in [2.45, 2.75) is 53.0 Å². The Balaban J connectivity index is 2.52. The predicted molar refractivity (Wildman–Crippen MR) is 81.2 cm³/mol. The average molecular weight is 262 g/mol. The van der Waals surface area contributed by atoms with E-state index in [1.54, 1.807) is 6.07 Å². The lowest BCUT2D eigenvalue weighted by Crippen LogP contribution is -2.33. The third-order valence-corrected chi connectivity index (χ3v) is 3.30.